The molecule has 1 fully saturated rings. The minimum atomic E-state index is -1.45. The lowest BCUT2D eigenvalue weighted by molar-refractivity contribution is -0.305. The first-order valence-electron chi connectivity index (χ1n) is 13.6. The fourth-order valence-corrected chi connectivity index (χ4v) is 4.28. The van der Waals surface area contributed by atoms with E-state index in [-0.39, 0.29) is 12.7 Å². The summed E-state index contributed by atoms with van der Waals surface area (Å²) in [5.74, 6) is 0. The monoisotopic (exact) mass is 492 g/mol. The summed E-state index contributed by atoms with van der Waals surface area (Å²) in [6.07, 6.45) is 11.6. The summed E-state index contributed by atoms with van der Waals surface area (Å²) in [4.78, 5) is 0. The summed E-state index contributed by atoms with van der Waals surface area (Å²) in [5, 5.41) is 39.0. The zero-order chi connectivity index (χ0) is 25.0. The van der Waals surface area contributed by atoms with E-state index in [2.05, 4.69) is 6.92 Å². The molecule has 0 radical (unpaired) electrons. The molecule has 8 heteroatoms. The van der Waals surface area contributed by atoms with Crippen LogP contribution in [0.4, 0.5) is 0 Å². The van der Waals surface area contributed by atoms with Gasteiger partial charge in [-0.25, -0.2) is 0 Å². The molecule has 0 amide bonds. The second-order valence-corrected chi connectivity index (χ2v) is 9.57. The smallest absolute Gasteiger partial charge is 0.186 e. The standard InChI is InChI=1S/C26H52O8/c1-3-4-5-6-7-8-9-10-11-12-13-14-15-16-17-32-21(19-31-2)20-33-26-25(30)24(29)23(28)22(18-27)34-26/h21-30H,3-20H2,1-2H3/t21?,22-,23-,24+,25+,26+/m1/s1. The van der Waals surface area contributed by atoms with E-state index in [1.165, 1.54) is 77.0 Å². The van der Waals surface area contributed by atoms with Gasteiger partial charge in [0.2, 0.25) is 0 Å². The molecule has 8 nitrogen and oxygen atoms in total. The Morgan fingerprint density at radius 1 is 0.706 bits per heavy atom. The van der Waals surface area contributed by atoms with Crippen molar-refractivity contribution < 1.29 is 39.4 Å². The third-order valence-corrected chi connectivity index (χ3v) is 6.50. The predicted molar refractivity (Wildman–Crippen MR) is 132 cm³/mol. The maximum Gasteiger partial charge on any atom is 0.186 e. The summed E-state index contributed by atoms with van der Waals surface area (Å²) in [7, 11) is 1.58. The molecule has 1 saturated heterocycles. The van der Waals surface area contributed by atoms with Gasteiger partial charge in [-0.2, -0.15) is 0 Å². The lowest BCUT2D eigenvalue weighted by atomic mass is 9.99. The van der Waals surface area contributed by atoms with Gasteiger partial charge in [0.1, 0.15) is 30.5 Å². The van der Waals surface area contributed by atoms with Crippen molar-refractivity contribution in [3.8, 4) is 0 Å². The minimum Gasteiger partial charge on any atom is -0.394 e. The van der Waals surface area contributed by atoms with Gasteiger partial charge in [-0.3, -0.25) is 0 Å². The number of ether oxygens (including phenoxy) is 4. The van der Waals surface area contributed by atoms with E-state index in [0.717, 1.165) is 12.8 Å². The van der Waals surface area contributed by atoms with Crippen LogP contribution >= 0.6 is 0 Å². The highest BCUT2D eigenvalue weighted by atomic mass is 16.7. The van der Waals surface area contributed by atoms with E-state index in [0.29, 0.717) is 13.2 Å². The van der Waals surface area contributed by atoms with Crippen LogP contribution < -0.4 is 0 Å². The third-order valence-electron chi connectivity index (χ3n) is 6.50. The minimum absolute atomic E-state index is 0.106. The predicted octanol–water partition coefficient (Wildman–Crippen LogP) is 3.32. The van der Waals surface area contributed by atoms with Crippen molar-refractivity contribution >= 4 is 0 Å². The Kier molecular flexibility index (Phi) is 19.4. The molecule has 0 bridgehead atoms. The number of methoxy groups -OCH3 is 1. The normalized spacial score (nSPS) is 26.1. The SMILES string of the molecule is CCCCCCCCCCCCCCCCOC(COC)CO[C@H]1O[C@H](CO)[C@@H](O)[C@H](O)[C@@H]1O. The van der Waals surface area contributed by atoms with Gasteiger partial charge in [0.05, 0.1) is 19.8 Å². The summed E-state index contributed by atoms with van der Waals surface area (Å²) in [6.45, 7) is 2.81. The molecule has 1 rings (SSSR count). The van der Waals surface area contributed by atoms with E-state index in [1.54, 1.807) is 7.11 Å². The van der Waals surface area contributed by atoms with Crippen LogP contribution in [0.15, 0.2) is 0 Å². The molecule has 0 saturated carbocycles. The number of unbranched alkanes of at least 4 members (excludes halogenated alkanes) is 13. The second-order valence-electron chi connectivity index (χ2n) is 9.57. The van der Waals surface area contributed by atoms with Crippen molar-refractivity contribution in [2.75, 3.05) is 33.5 Å². The third kappa shape index (κ3) is 13.7. The Bertz CT molecular complexity index is 451. The van der Waals surface area contributed by atoms with Crippen LogP contribution in [-0.4, -0.2) is 90.8 Å². The molecule has 1 unspecified atom stereocenters. The molecular formula is C26H52O8. The van der Waals surface area contributed by atoms with Crippen molar-refractivity contribution in [2.24, 2.45) is 0 Å². The topological polar surface area (TPSA) is 118 Å². The van der Waals surface area contributed by atoms with Gasteiger partial charge in [0.25, 0.3) is 0 Å². The van der Waals surface area contributed by atoms with Gasteiger partial charge in [-0.15, -0.1) is 0 Å². The molecular weight excluding hydrogens is 440 g/mol. The second kappa shape index (κ2) is 20.8. The first kappa shape index (κ1) is 31.7. The summed E-state index contributed by atoms with van der Waals surface area (Å²) >= 11 is 0. The van der Waals surface area contributed by atoms with Crippen LogP contribution in [0, 0.1) is 0 Å². The van der Waals surface area contributed by atoms with Gasteiger partial charge in [0.15, 0.2) is 6.29 Å². The molecule has 4 N–H and O–H groups in total. The zero-order valence-corrected chi connectivity index (χ0v) is 21.6. The lowest BCUT2D eigenvalue weighted by Gasteiger charge is -2.39. The Morgan fingerprint density at radius 2 is 1.24 bits per heavy atom. The highest BCUT2D eigenvalue weighted by Gasteiger charge is 2.44. The molecule has 6 atom stereocenters. The van der Waals surface area contributed by atoms with Crippen LogP contribution in [0.25, 0.3) is 0 Å². The van der Waals surface area contributed by atoms with Gasteiger partial charge >= 0.3 is 0 Å². The van der Waals surface area contributed by atoms with E-state index in [9.17, 15) is 20.4 Å². The van der Waals surface area contributed by atoms with Crippen LogP contribution in [0.1, 0.15) is 96.8 Å². The molecule has 204 valence electrons. The largest absolute Gasteiger partial charge is 0.394 e. The Balaban J connectivity index is 2.05. The lowest BCUT2D eigenvalue weighted by Crippen LogP contribution is -2.59. The Hall–Kier alpha value is -0.320. The summed E-state index contributed by atoms with van der Waals surface area (Å²) in [6, 6.07) is 0. The van der Waals surface area contributed by atoms with Gasteiger partial charge in [-0.05, 0) is 6.42 Å². The van der Waals surface area contributed by atoms with E-state index in [1.807, 2.05) is 0 Å². The number of rotatable bonds is 22. The molecule has 0 aromatic carbocycles. The number of aliphatic hydroxyl groups excluding tert-OH is 4. The number of hydrogen-bond acceptors (Lipinski definition) is 8. The molecule has 0 aromatic rings. The highest BCUT2D eigenvalue weighted by molar-refractivity contribution is 4.89. The zero-order valence-electron chi connectivity index (χ0n) is 21.6. The quantitative estimate of drug-likeness (QED) is 0.170. The number of hydrogen-bond donors (Lipinski definition) is 4. The van der Waals surface area contributed by atoms with Crippen LogP contribution in [0.3, 0.4) is 0 Å². The van der Waals surface area contributed by atoms with Crippen molar-refractivity contribution in [3.63, 3.8) is 0 Å². The van der Waals surface area contributed by atoms with Gasteiger partial charge in [-0.1, -0.05) is 90.4 Å². The molecule has 1 aliphatic rings. The fraction of sp³-hybridized carbons (Fsp3) is 1.00. The highest BCUT2D eigenvalue weighted by Crippen LogP contribution is 2.22. The number of aliphatic hydroxyl groups is 4. The van der Waals surface area contributed by atoms with Crippen molar-refractivity contribution in [3.05, 3.63) is 0 Å². The van der Waals surface area contributed by atoms with Crippen molar-refractivity contribution in [1.82, 2.24) is 0 Å². The van der Waals surface area contributed by atoms with E-state index >= 15 is 0 Å². The van der Waals surface area contributed by atoms with E-state index < -0.39 is 37.3 Å². The molecule has 0 aliphatic carbocycles. The molecule has 34 heavy (non-hydrogen) atoms. The fourth-order valence-electron chi connectivity index (χ4n) is 4.28. The first-order chi connectivity index (χ1) is 16.5. The van der Waals surface area contributed by atoms with Crippen LogP contribution in [0.5, 0.6) is 0 Å². The van der Waals surface area contributed by atoms with Gasteiger partial charge in [0, 0.05) is 13.7 Å². The van der Waals surface area contributed by atoms with E-state index in [4.69, 9.17) is 18.9 Å². The first-order valence-corrected chi connectivity index (χ1v) is 13.6. The molecule has 1 aliphatic heterocycles. The average molecular weight is 493 g/mol. The van der Waals surface area contributed by atoms with Crippen LogP contribution in [-0.2, 0) is 18.9 Å². The Labute approximate surface area is 206 Å². The Morgan fingerprint density at radius 3 is 1.74 bits per heavy atom. The van der Waals surface area contributed by atoms with Gasteiger partial charge < -0.3 is 39.4 Å². The molecule has 0 aromatic heterocycles. The summed E-state index contributed by atoms with van der Waals surface area (Å²) < 4.78 is 22.0. The van der Waals surface area contributed by atoms with Crippen molar-refractivity contribution in [2.45, 2.75) is 134 Å². The average Bonchev–Trinajstić information content (AvgIpc) is 2.84. The van der Waals surface area contributed by atoms with Crippen LogP contribution in [0.2, 0.25) is 0 Å². The maximum atomic E-state index is 10.1. The molecule has 1 heterocycles. The molecule has 0 spiro atoms. The van der Waals surface area contributed by atoms with Crippen molar-refractivity contribution in [1.29, 1.82) is 0 Å². The maximum absolute atomic E-state index is 10.1. The summed E-state index contributed by atoms with van der Waals surface area (Å²) in [5.41, 5.74) is 0.